The van der Waals surface area contributed by atoms with Crippen LogP contribution in [0.15, 0.2) is 0 Å². The Balaban J connectivity index is 3.29. The lowest BCUT2D eigenvalue weighted by Gasteiger charge is -2.07. The highest BCUT2D eigenvalue weighted by molar-refractivity contribution is 7.79. The maximum Gasteiger partial charge on any atom is 0.245 e. The van der Waals surface area contributed by atoms with E-state index < -0.39 is 17.0 Å². The second-order valence-corrected chi connectivity index (χ2v) is 3.25. The van der Waals surface area contributed by atoms with Crippen molar-refractivity contribution in [3.05, 3.63) is 0 Å². The molecular formula is C5H10F2O2S. The van der Waals surface area contributed by atoms with E-state index in [9.17, 15) is 13.0 Å². The Morgan fingerprint density at radius 1 is 1.60 bits per heavy atom. The van der Waals surface area contributed by atoms with Gasteiger partial charge >= 0.3 is 0 Å². The summed E-state index contributed by atoms with van der Waals surface area (Å²) in [5.74, 6) is -2.78. The van der Waals surface area contributed by atoms with Crippen molar-refractivity contribution in [3.8, 4) is 0 Å². The highest BCUT2D eigenvalue weighted by Gasteiger charge is 2.19. The quantitative estimate of drug-likeness (QED) is 0.654. The van der Waals surface area contributed by atoms with E-state index in [1.165, 1.54) is 0 Å². The molecular weight excluding hydrogens is 162 g/mol. The highest BCUT2D eigenvalue weighted by Crippen LogP contribution is 2.18. The van der Waals surface area contributed by atoms with Crippen LogP contribution in [-0.4, -0.2) is 20.4 Å². The molecule has 0 amide bonds. The van der Waals surface area contributed by atoms with E-state index in [4.69, 9.17) is 4.55 Å². The van der Waals surface area contributed by atoms with Crippen LogP contribution in [0.1, 0.15) is 19.8 Å². The van der Waals surface area contributed by atoms with Crippen LogP contribution in [0.5, 0.6) is 0 Å². The Morgan fingerprint density at radius 3 is 2.40 bits per heavy atom. The van der Waals surface area contributed by atoms with Gasteiger partial charge in [-0.15, -0.1) is 0 Å². The van der Waals surface area contributed by atoms with E-state index >= 15 is 0 Å². The fourth-order valence-electron chi connectivity index (χ4n) is 0.506. The Bertz CT molecular complexity index is 121. The minimum absolute atomic E-state index is 0.0660. The van der Waals surface area contributed by atoms with Gasteiger partial charge in [-0.2, -0.15) is 0 Å². The van der Waals surface area contributed by atoms with E-state index in [1.807, 2.05) is 0 Å². The normalized spacial score (nSPS) is 15.2. The van der Waals surface area contributed by atoms with Crippen molar-refractivity contribution < 1.29 is 17.5 Å². The molecule has 0 aromatic carbocycles. The first-order valence-electron chi connectivity index (χ1n) is 2.87. The predicted octanol–water partition coefficient (Wildman–Crippen LogP) is 1.64. The third-order valence-electron chi connectivity index (χ3n) is 0.935. The van der Waals surface area contributed by atoms with Gasteiger partial charge in [-0.3, -0.25) is 0 Å². The summed E-state index contributed by atoms with van der Waals surface area (Å²) in [6, 6.07) is 0. The number of halogens is 2. The van der Waals surface area contributed by atoms with Crippen LogP contribution in [0.3, 0.4) is 0 Å². The predicted molar refractivity (Wildman–Crippen MR) is 35.5 cm³/mol. The lowest BCUT2D eigenvalue weighted by Crippen LogP contribution is -2.10. The molecule has 1 atom stereocenters. The standard InChI is InChI=1S/C5H10F2O2S/c1-5(6,7)3-2-4-10(8)9/h2-4H2,1H3,(H,8,9). The molecule has 1 N–H and O–H groups in total. The molecule has 0 heterocycles. The summed E-state index contributed by atoms with van der Waals surface area (Å²) in [6.07, 6.45) is -0.230. The van der Waals surface area contributed by atoms with Crippen LogP contribution in [0, 0.1) is 0 Å². The Hall–Kier alpha value is -0.0300. The van der Waals surface area contributed by atoms with Crippen molar-refractivity contribution in [1.29, 1.82) is 0 Å². The summed E-state index contributed by atoms with van der Waals surface area (Å²) in [5, 5.41) is 0. The lowest BCUT2D eigenvalue weighted by atomic mass is 10.2. The second kappa shape index (κ2) is 3.98. The highest BCUT2D eigenvalue weighted by atomic mass is 32.2. The lowest BCUT2D eigenvalue weighted by molar-refractivity contribution is 0.0125. The maximum absolute atomic E-state index is 12.0. The molecule has 0 rings (SSSR count). The van der Waals surface area contributed by atoms with E-state index in [-0.39, 0.29) is 18.6 Å². The van der Waals surface area contributed by atoms with E-state index in [2.05, 4.69) is 0 Å². The largest absolute Gasteiger partial charge is 0.306 e. The van der Waals surface area contributed by atoms with Crippen LogP contribution < -0.4 is 0 Å². The second-order valence-electron chi connectivity index (χ2n) is 2.20. The third kappa shape index (κ3) is 7.97. The van der Waals surface area contributed by atoms with Gasteiger partial charge in [0, 0.05) is 12.2 Å². The van der Waals surface area contributed by atoms with E-state index in [1.54, 1.807) is 0 Å². The molecule has 0 radical (unpaired) electrons. The van der Waals surface area contributed by atoms with Crippen LogP contribution in [0.2, 0.25) is 0 Å². The zero-order valence-electron chi connectivity index (χ0n) is 5.64. The average Bonchev–Trinajstić information content (AvgIpc) is 1.59. The molecule has 0 aromatic rings. The van der Waals surface area contributed by atoms with Gasteiger partial charge in [-0.25, -0.2) is 13.0 Å². The van der Waals surface area contributed by atoms with Crippen molar-refractivity contribution >= 4 is 11.1 Å². The summed E-state index contributed by atoms with van der Waals surface area (Å²) in [6.45, 7) is 0.799. The first kappa shape index (κ1) is 9.97. The van der Waals surface area contributed by atoms with Crippen LogP contribution in [0.25, 0.3) is 0 Å². The molecule has 0 aliphatic heterocycles. The van der Waals surface area contributed by atoms with Crippen LogP contribution >= 0.6 is 0 Å². The minimum atomic E-state index is -2.71. The molecule has 0 saturated carbocycles. The number of alkyl halides is 2. The average molecular weight is 172 g/mol. The Morgan fingerprint density at radius 2 is 2.10 bits per heavy atom. The topological polar surface area (TPSA) is 37.3 Å². The van der Waals surface area contributed by atoms with E-state index in [0.717, 1.165) is 6.92 Å². The molecule has 10 heavy (non-hydrogen) atoms. The van der Waals surface area contributed by atoms with Crippen molar-refractivity contribution in [3.63, 3.8) is 0 Å². The Kier molecular flexibility index (Phi) is 3.96. The summed E-state index contributed by atoms with van der Waals surface area (Å²) in [5.41, 5.74) is 0. The number of hydrogen-bond acceptors (Lipinski definition) is 1. The zero-order chi connectivity index (χ0) is 8.20. The summed E-state index contributed by atoms with van der Waals surface area (Å²) in [4.78, 5) is 0. The smallest absolute Gasteiger partial charge is 0.245 e. The fraction of sp³-hybridized carbons (Fsp3) is 1.00. The SMILES string of the molecule is CC(F)(F)CCCS(=O)O. The molecule has 0 aliphatic carbocycles. The first-order chi connectivity index (χ1) is 4.42. The molecule has 0 bridgehead atoms. The zero-order valence-corrected chi connectivity index (χ0v) is 6.46. The van der Waals surface area contributed by atoms with Crippen molar-refractivity contribution in [1.82, 2.24) is 0 Å². The van der Waals surface area contributed by atoms with Gasteiger partial charge in [-0.05, 0) is 13.3 Å². The number of hydrogen-bond donors (Lipinski definition) is 1. The summed E-state index contributed by atoms with van der Waals surface area (Å²) >= 11 is -1.93. The first-order valence-corrected chi connectivity index (χ1v) is 4.15. The Labute approximate surface area is 60.9 Å². The monoisotopic (exact) mass is 172 g/mol. The van der Waals surface area contributed by atoms with Crippen LogP contribution in [-0.2, 0) is 11.1 Å². The fourth-order valence-corrected chi connectivity index (χ4v) is 0.897. The van der Waals surface area contributed by atoms with Gasteiger partial charge in [0.2, 0.25) is 5.92 Å². The minimum Gasteiger partial charge on any atom is -0.306 e. The van der Waals surface area contributed by atoms with Gasteiger partial charge in [-0.1, -0.05) is 0 Å². The van der Waals surface area contributed by atoms with Gasteiger partial charge < -0.3 is 4.55 Å². The van der Waals surface area contributed by atoms with Crippen molar-refractivity contribution in [2.75, 3.05) is 5.75 Å². The molecule has 5 heteroatoms. The molecule has 0 fully saturated rings. The third-order valence-corrected chi connectivity index (χ3v) is 1.57. The van der Waals surface area contributed by atoms with Crippen molar-refractivity contribution in [2.45, 2.75) is 25.7 Å². The molecule has 0 saturated heterocycles. The molecule has 0 aromatic heterocycles. The molecule has 0 aliphatic rings. The van der Waals surface area contributed by atoms with Gasteiger partial charge in [0.05, 0.1) is 0 Å². The summed E-state index contributed by atoms with van der Waals surface area (Å²) in [7, 11) is 0. The molecule has 0 spiro atoms. The molecule has 1 unspecified atom stereocenters. The molecule has 2 nitrogen and oxygen atoms in total. The van der Waals surface area contributed by atoms with Gasteiger partial charge in [0.1, 0.15) is 0 Å². The number of rotatable bonds is 4. The van der Waals surface area contributed by atoms with Crippen LogP contribution in [0.4, 0.5) is 8.78 Å². The van der Waals surface area contributed by atoms with Gasteiger partial charge in [0.15, 0.2) is 11.1 Å². The van der Waals surface area contributed by atoms with Gasteiger partial charge in [0.25, 0.3) is 0 Å². The molecule has 62 valence electrons. The van der Waals surface area contributed by atoms with Crippen molar-refractivity contribution in [2.24, 2.45) is 0 Å². The maximum atomic E-state index is 12.0. The summed E-state index contributed by atoms with van der Waals surface area (Å²) < 4.78 is 42.1. The van der Waals surface area contributed by atoms with E-state index in [0.29, 0.717) is 0 Å².